The van der Waals surface area contributed by atoms with Crippen LogP contribution in [0.5, 0.6) is 5.75 Å². The molecule has 1 amide bonds. The third-order valence-corrected chi connectivity index (χ3v) is 4.89. The molecule has 1 aromatic rings. The summed E-state index contributed by atoms with van der Waals surface area (Å²) < 4.78 is 0.699. The Labute approximate surface area is 138 Å². The number of hydrogen-bond donors (Lipinski definition) is 2. The second kappa shape index (κ2) is 7.12. The van der Waals surface area contributed by atoms with Crippen LogP contribution in [0.1, 0.15) is 55.3 Å². The summed E-state index contributed by atoms with van der Waals surface area (Å²) in [7, 11) is 0. The number of benzene rings is 1. The van der Waals surface area contributed by atoms with Crippen molar-refractivity contribution in [2.45, 2.75) is 50.5 Å². The molecule has 0 heterocycles. The van der Waals surface area contributed by atoms with Gasteiger partial charge in [-0.1, -0.05) is 32.1 Å². The Morgan fingerprint density at radius 3 is 2.43 bits per heavy atom. The van der Waals surface area contributed by atoms with Gasteiger partial charge in [0.2, 0.25) is 0 Å². The van der Waals surface area contributed by atoms with E-state index in [-0.39, 0.29) is 11.7 Å². The van der Waals surface area contributed by atoms with E-state index in [0.717, 1.165) is 25.7 Å². The average molecular weight is 398 g/mol. The number of phenols is 1. The molecule has 0 aliphatic heterocycles. The van der Waals surface area contributed by atoms with Gasteiger partial charge >= 0.3 is 0 Å². The highest BCUT2D eigenvalue weighted by Gasteiger charge is 2.32. The van der Waals surface area contributed by atoms with E-state index in [4.69, 9.17) is 0 Å². The SMILES string of the molecule is N#CC1(NC(=O)c2ccc(I)c(O)c2)CCCCCCC1. The van der Waals surface area contributed by atoms with Gasteiger partial charge in [-0.2, -0.15) is 5.26 Å². The van der Waals surface area contributed by atoms with Crippen LogP contribution in [0.15, 0.2) is 18.2 Å². The zero-order valence-corrected chi connectivity index (χ0v) is 14.0. The van der Waals surface area contributed by atoms with Crippen molar-refractivity contribution in [1.82, 2.24) is 5.32 Å². The molecule has 2 rings (SSSR count). The van der Waals surface area contributed by atoms with Crippen LogP contribution >= 0.6 is 22.6 Å². The van der Waals surface area contributed by atoms with Gasteiger partial charge in [0.1, 0.15) is 11.3 Å². The number of nitrogens with one attached hydrogen (secondary N) is 1. The maximum atomic E-state index is 12.4. The number of halogens is 1. The van der Waals surface area contributed by atoms with Crippen LogP contribution in [0.25, 0.3) is 0 Å². The minimum atomic E-state index is -0.768. The Morgan fingerprint density at radius 2 is 1.86 bits per heavy atom. The van der Waals surface area contributed by atoms with Gasteiger partial charge in [-0.25, -0.2) is 0 Å². The van der Waals surface area contributed by atoms with Crippen LogP contribution in [-0.4, -0.2) is 16.6 Å². The second-order valence-electron chi connectivity index (χ2n) is 5.58. The summed E-state index contributed by atoms with van der Waals surface area (Å²) in [6.07, 6.45) is 6.77. The minimum absolute atomic E-state index is 0.0897. The Balaban J connectivity index is 2.14. The predicted molar refractivity (Wildman–Crippen MR) is 89.0 cm³/mol. The molecule has 21 heavy (non-hydrogen) atoms. The van der Waals surface area contributed by atoms with E-state index in [1.807, 2.05) is 22.6 Å². The van der Waals surface area contributed by atoms with Crippen molar-refractivity contribution in [2.24, 2.45) is 0 Å². The largest absolute Gasteiger partial charge is 0.507 e. The molecule has 1 fully saturated rings. The lowest BCUT2D eigenvalue weighted by Crippen LogP contribution is -2.47. The van der Waals surface area contributed by atoms with E-state index >= 15 is 0 Å². The van der Waals surface area contributed by atoms with Crippen molar-refractivity contribution in [2.75, 3.05) is 0 Å². The fraction of sp³-hybridized carbons (Fsp3) is 0.500. The molecule has 0 atom stereocenters. The van der Waals surface area contributed by atoms with Crippen molar-refractivity contribution in [3.05, 3.63) is 27.3 Å². The van der Waals surface area contributed by atoms with Gasteiger partial charge in [0.05, 0.1) is 9.64 Å². The molecule has 4 nitrogen and oxygen atoms in total. The lowest BCUT2D eigenvalue weighted by molar-refractivity contribution is 0.0907. The van der Waals surface area contributed by atoms with Crippen LogP contribution in [0.3, 0.4) is 0 Å². The molecule has 0 saturated heterocycles. The zero-order chi connectivity index (χ0) is 15.3. The smallest absolute Gasteiger partial charge is 0.252 e. The quantitative estimate of drug-likeness (QED) is 0.746. The third kappa shape index (κ3) is 4.10. The van der Waals surface area contributed by atoms with E-state index < -0.39 is 5.54 Å². The van der Waals surface area contributed by atoms with Gasteiger partial charge in [-0.3, -0.25) is 4.79 Å². The van der Waals surface area contributed by atoms with Gasteiger partial charge < -0.3 is 10.4 Å². The summed E-state index contributed by atoms with van der Waals surface area (Å²) >= 11 is 2.01. The van der Waals surface area contributed by atoms with Crippen molar-refractivity contribution in [3.63, 3.8) is 0 Å². The molecule has 0 radical (unpaired) electrons. The molecule has 1 aromatic carbocycles. The summed E-state index contributed by atoms with van der Waals surface area (Å²) in [5.74, 6) is -0.198. The average Bonchev–Trinajstić information content (AvgIpc) is 2.45. The number of carbonyl (C=O) groups excluding carboxylic acids is 1. The summed E-state index contributed by atoms with van der Waals surface area (Å²) in [5.41, 5.74) is -0.375. The second-order valence-corrected chi connectivity index (χ2v) is 6.74. The van der Waals surface area contributed by atoms with Crippen molar-refractivity contribution < 1.29 is 9.90 Å². The molecule has 0 bridgehead atoms. The molecule has 0 aromatic heterocycles. The summed E-state index contributed by atoms with van der Waals surface area (Å²) in [5, 5.41) is 22.1. The van der Waals surface area contributed by atoms with Gasteiger partial charge in [-0.05, 0) is 53.6 Å². The number of phenolic OH excluding ortho intramolecular Hbond substituents is 1. The molecular formula is C16H19IN2O2. The summed E-state index contributed by atoms with van der Waals surface area (Å²) in [4.78, 5) is 12.4. The molecular weight excluding hydrogens is 379 g/mol. The highest BCUT2D eigenvalue weighted by atomic mass is 127. The van der Waals surface area contributed by atoms with E-state index in [0.29, 0.717) is 22.0 Å². The van der Waals surface area contributed by atoms with Crippen molar-refractivity contribution in [1.29, 1.82) is 5.26 Å². The van der Waals surface area contributed by atoms with Crippen LogP contribution < -0.4 is 5.32 Å². The van der Waals surface area contributed by atoms with Crippen LogP contribution in [0.2, 0.25) is 0 Å². The lowest BCUT2D eigenvalue weighted by atomic mass is 9.85. The molecule has 0 unspecified atom stereocenters. The zero-order valence-electron chi connectivity index (χ0n) is 11.9. The van der Waals surface area contributed by atoms with E-state index in [2.05, 4.69) is 11.4 Å². The maximum Gasteiger partial charge on any atom is 0.252 e. The first-order valence-corrected chi connectivity index (χ1v) is 8.36. The molecule has 0 spiro atoms. The molecule has 2 N–H and O–H groups in total. The molecule has 112 valence electrons. The molecule has 1 aliphatic rings. The highest BCUT2D eigenvalue weighted by Crippen LogP contribution is 2.27. The van der Waals surface area contributed by atoms with Gasteiger partial charge in [0, 0.05) is 5.56 Å². The maximum absolute atomic E-state index is 12.4. The Kier molecular flexibility index (Phi) is 5.45. The first-order chi connectivity index (χ1) is 10.1. The first-order valence-electron chi connectivity index (χ1n) is 7.29. The number of amides is 1. The number of carbonyl (C=O) groups is 1. The summed E-state index contributed by atoms with van der Waals surface area (Å²) in [6.45, 7) is 0. The number of nitriles is 1. The monoisotopic (exact) mass is 398 g/mol. The predicted octanol–water partition coefficient (Wildman–Crippen LogP) is 3.73. The normalized spacial score (nSPS) is 18.1. The van der Waals surface area contributed by atoms with E-state index in [9.17, 15) is 15.2 Å². The highest BCUT2D eigenvalue weighted by molar-refractivity contribution is 14.1. The van der Waals surface area contributed by atoms with Gasteiger partial charge in [-0.15, -0.1) is 0 Å². The van der Waals surface area contributed by atoms with E-state index in [1.165, 1.54) is 12.5 Å². The van der Waals surface area contributed by atoms with Gasteiger partial charge in [0.15, 0.2) is 0 Å². The fourth-order valence-corrected chi connectivity index (χ4v) is 3.05. The fourth-order valence-electron chi connectivity index (χ4n) is 2.72. The Morgan fingerprint density at radius 1 is 1.24 bits per heavy atom. The number of hydrogen-bond acceptors (Lipinski definition) is 3. The summed E-state index contributed by atoms with van der Waals surface area (Å²) in [6, 6.07) is 7.13. The van der Waals surface area contributed by atoms with E-state index in [1.54, 1.807) is 12.1 Å². The number of rotatable bonds is 2. The number of aromatic hydroxyl groups is 1. The topological polar surface area (TPSA) is 73.1 Å². The first kappa shape index (κ1) is 16.1. The van der Waals surface area contributed by atoms with Crippen LogP contribution in [0.4, 0.5) is 0 Å². The van der Waals surface area contributed by atoms with Crippen molar-refractivity contribution >= 4 is 28.5 Å². The van der Waals surface area contributed by atoms with Crippen LogP contribution in [-0.2, 0) is 0 Å². The Hall–Kier alpha value is -1.29. The van der Waals surface area contributed by atoms with Gasteiger partial charge in [0.25, 0.3) is 5.91 Å². The number of nitrogens with zero attached hydrogens (tertiary/aromatic N) is 1. The Bertz CT molecular complexity index is 558. The molecule has 5 heteroatoms. The molecule has 1 aliphatic carbocycles. The minimum Gasteiger partial charge on any atom is -0.507 e. The van der Waals surface area contributed by atoms with Crippen LogP contribution in [0, 0.1) is 14.9 Å². The molecule has 1 saturated carbocycles. The third-order valence-electron chi connectivity index (χ3n) is 3.98. The lowest BCUT2D eigenvalue weighted by Gasteiger charge is -2.29. The standard InChI is InChI=1S/C16H19IN2O2/c17-13-7-6-12(10-14(13)20)15(21)19-16(11-18)8-4-2-1-3-5-9-16/h6-7,10,20H,1-5,8-9H2,(H,19,21). The van der Waals surface area contributed by atoms with Crippen molar-refractivity contribution in [3.8, 4) is 11.8 Å².